The molecule has 3 rings (SSSR count). The highest BCUT2D eigenvalue weighted by Gasteiger charge is 2.34. The summed E-state index contributed by atoms with van der Waals surface area (Å²) < 4.78 is 11.5. The Morgan fingerprint density at radius 2 is 1.89 bits per heavy atom. The maximum absolute atomic E-state index is 13.0. The van der Waals surface area contributed by atoms with Crippen molar-refractivity contribution >= 4 is 63.5 Å². The van der Waals surface area contributed by atoms with E-state index < -0.39 is 11.8 Å². The molecule has 1 aliphatic heterocycles. The zero-order valence-corrected chi connectivity index (χ0v) is 18.2. The van der Waals surface area contributed by atoms with Gasteiger partial charge in [-0.3, -0.25) is 19.8 Å². The average Bonchev–Trinajstić information content (AvgIpc) is 2.67. The van der Waals surface area contributed by atoms with Crippen LogP contribution in [-0.4, -0.2) is 30.6 Å². The number of nitrogens with zero attached hydrogens (tertiary/aromatic N) is 1. The Labute approximate surface area is 181 Å². The molecule has 1 heterocycles. The minimum absolute atomic E-state index is 0.00320. The lowest BCUT2D eigenvalue weighted by molar-refractivity contribution is -0.122. The number of hydrogen-bond acceptors (Lipinski definition) is 5. The molecule has 2 aromatic rings. The number of amides is 2. The average molecular weight is 508 g/mol. The number of ether oxygens (including phenoxy) is 2. The smallest absolute Gasteiger partial charge is 0.270 e. The molecule has 0 atom stereocenters. The first kappa shape index (κ1) is 20.3. The van der Waals surface area contributed by atoms with Gasteiger partial charge in [0.25, 0.3) is 11.8 Å². The third-order valence-electron chi connectivity index (χ3n) is 3.99. The van der Waals surface area contributed by atoms with Gasteiger partial charge in [-0.2, -0.15) is 0 Å². The van der Waals surface area contributed by atoms with Crippen molar-refractivity contribution in [1.82, 2.24) is 5.32 Å². The highest BCUT2D eigenvalue weighted by atomic mass is 127. The second kappa shape index (κ2) is 8.70. The van der Waals surface area contributed by atoms with Crippen molar-refractivity contribution in [3.05, 3.63) is 57.2 Å². The van der Waals surface area contributed by atoms with E-state index in [4.69, 9.17) is 21.7 Å². The lowest BCUT2D eigenvalue weighted by Gasteiger charge is -2.29. The fraction of sp³-hybridized carbons (Fsp3) is 0.150. The maximum Gasteiger partial charge on any atom is 0.270 e. The standard InChI is InChI=1S/C20H17IN2O4S/c1-3-27-14-7-5-13(6-8-14)23-19(25)15(18(24)22-20(23)28)10-12-4-9-17(26-2)16(21)11-12/h4-11H,3H2,1-2H3,(H,22,24,28)/b15-10-. The molecule has 1 saturated heterocycles. The molecule has 1 fully saturated rings. The summed E-state index contributed by atoms with van der Waals surface area (Å²) in [4.78, 5) is 26.7. The number of anilines is 1. The van der Waals surface area contributed by atoms with E-state index >= 15 is 0 Å². The molecule has 0 unspecified atom stereocenters. The Hall–Kier alpha value is -2.46. The van der Waals surface area contributed by atoms with Crippen molar-refractivity contribution < 1.29 is 19.1 Å². The number of thiocarbonyl (C=S) groups is 1. The predicted molar refractivity (Wildman–Crippen MR) is 120 cm³/mol. The highest BCUT2D eigenvalue weighted by Crippen LogP contribution is 2.26. The molecular weight excluding hydrogens is 491 g/mol. The van der Waals surface area contributed by atoms with Crippen LogP contribution in [0.4, 0.5) is 5.69 Å². The molecular formula is C20H17IN2O4S. The van der Waals surface area contributed by atoms with Gasteiger partial charge in [-0.25, -0.2) is 0 Å². The summed E-state index contributed by atoms with van der Waals surface area (Å²) in [5, 5.41) is 2.62. The minimum atomic E-state index is -0.525. The molecule has 1 N–H and O–H groups in total. The molecule has 28 heavy (non-hydrogen) atoms. The molecule has 1 aliphatic rings. The number of carbonyl (C=O) groups excluding carboxylic acids is 2. The molecule has 6 nitrogen and oxygen atoms in total. The van der Waals surface area contributed by atoms with Gasteiger partial charge in [-0.15, -0.1) is 0 Å². The van der Waals surface area contributed by atoms with Gasteiger partial charge in [0.15, 0.2) is 5.11 Å². The third-order valence-corrected chi connectivity index (χ3v) is 5.12. The normalized spacial score (nSPS) is 15.6. The summed E-state index contributed by atoms with van der Waals surface area (Å²) in [6.45, 7) is 2.44. The van der Waals surface area contributed by atoms with E-state index in [0.717, 1.165) is 9.32 Å². The van der Waals surface area contributed by atoms with Crippen LogP contribution in [-0.2, 0) is 9.59 Å². The fourth-order valence-electron chi connectivity index (χ4n) is 2.69. The van der Waals surface area contributed by atoms with Crippen molar-refractivity contribution in [1.29, 1.82) is 0 Å². The monoisotopic (exact) mass is 508 g/mol. The molecule has 0 spiro atoms. The van der Waals surface area contributed by atoms with Gasteiger partial charge in [0.05, 0.1) is 23.0 Å². The van der Waals surface area contributed by atoms with Crippen LogP contribution in [0.25, 0.3) is 6.08 Å². The molecule has 0 aliphatic carbocycles. The SMILES string of the molecule is CCOc1ccc(N2C(=O)/C(=C\c3ccc(OC)c(I)c3)C(=O)NC2=S)cc1. The van der Waals surface area contributed by atoms with Crippen LogP contribution in [0.2, 0.25) is 0 Å². The summed E-state index contributed by atoms with van der Waals surface area (Å²) in [6.07, 6.45) is 1.54. The van der Waals surface area contributed by atoms with Gasteiger partial charge in [0.1, 0.15) is 17.1 Å². The van der Waals surface area contributed by atoms with Crippen LogP contribution in [0.3, 0.4) is 0 Å². The Kier molecular flexibility index (Phi) is 6.30. The van der Waals surface area contributed by atoms with Gasteiger partial charge < -0.3 is 9.47 Å². The van der Waals surface area contributed by atoms with Gasteiger partial charge >= 0.3 is 0 Å². The lowest BCUT2D eigenvalue weighted by atomic mass is 10.1. The molecule has 0 saturated carbocycles. The van der Waals surface area contributed by atoms with Gasteiger partial charge in [0, 0.05) is 0 Å². The van der Waals surface area contributed by atoms with E-state index in [1.807, 2.05) is 13.0 Å². The number of carbonyl (C=O) groups is 2. The number of halogens is 1. The summed E-state index contributed by atoms with van der Waals surface area (Å²) in [5.41, 5.74) is 1.26. The van der Waals surface area contributed by atoms with Crippen molar-refractivity contribution in [2.45, 2.75) is 6.92 Å². The molecule has 0 aromatic heterocycles. The van der Waals surface area contributed by atoms with Crippen molar-refractivity contribution in [3.63, 3.8) is 0 Å². The van der Waals surface area contributed by atoms with E-state index in [9.17, 15) is 9.59 Å². The zero-order valence-electron chi connectivity index (χ0n) is 15.2. The molecule has 144 valence electrons. The van der Waals surface area contributed by atoms with Crippen molar-refractivity contribution in [2.24, 2.45) is 0 Å². The predicted octanol–water partition coefficient (Wildman–Crippen LogP) is 3.53. The Morgan fingerprint density at radius 3 is 2.50 bits per heavy atom. The second-order valence-electron chi connectivity index (χ2n) is 5.78. The van der Waals surface area contributed by atoms with E-state index in [1.165, 1.54) is 4.90 Å². The maximum atomic E-state index is 13.0. The number of benzene rings is 2. The van der Waals surface area contributed by atoms with Crippen LogP contribution in [0.1, 0.15) is 12.5 Å². The molecule has 0 bridgehead atoms. The lowest BCUT2D eigenvalue weighted by Crippen LogP contribution is -2.54. The topological polar surface area (TPSA) is 67.9 Å². The van der Waals surface area contributed by atoms with Gasteiger partial charge in [0.2, 0.25) is 0 Å². The van der Waals surface area contributed by atoms with E-state index in [0.29, 0.717) is 23.6 Å². The fourth-order valence-corrected chi connectivity index (χ4v) is 3.73. The summed E-state index contributed by atoms with van der Waals surface area (Å²) >= 11 is 7.35. The van der Waals surface area contributed by atoms with E-state index in [2.05, 4.69) is 27.9 Å². The Bertz CT molecular complexity index is 973. The summed E-state index contributed by atoms with van der Waals surface area (Å²) in [7, 11) is 1.59. The largest absolute Gasteiger partial charge is 0.496 e. The van der Waals surface area contributed by atoms with Crippen LogP contribution in [0, 0.1) is 3.57 Å². The first-order valence-electron chi connectivity index (χ1n) is 8.42. The number of nitrogens with one attached hydrogen (secondary N) is 1. The summed E-state index contributed by atoms with van der Waals surface area (Å²) in [5.74, 6) is 0.403. The minimum Gasteiger partial charge on any atom is -0.496 e. The van der Waals surface area contributed by atoms with Crippen LogP contribution < -0.4 is 19.7 Å². The van der Waals surface area contributed by atoms with E-state index in [-0.39, 0.29) is 10.7 Å². The number of methoxy groups -OCH3 is 1. The van der Waals surface area contributed by atoms with Crippen LogP contribution >= 0.6 is 34.8 Å². The molecule has 2 aromatic carbocycles. The number of rotatable bonds is 5. The Morgan fingerprint density at radius 1 is 1.18 bits per heavy atom. The first-order valence-corrected chi connectivity index (χ1v) is 9.91. The van der Waals surface area contributed by atoms with E-state index in [1.54, 1.807) is 49.6 Å². The highest BCUT2D eigenvalue weighted by molar-refractivity contribution is 14.1. The van der Waals surface area contributed by atoms with Crippen LogP contribution in [0.5, 0.6) is 11.5 Å². The Balaban J connectivity index is 1.94. The molecule has 0 radical (unpaired) electrons. The number of hydrogen-bond donors (Lipinski definition) is 1. The van der Waals surface area contributed by atoms with Crippen LogP contribution in [0.15, 0.2) is 48.0 Å². The zero-order chi connectivity index (χ0) is 20.3. The van der Waals surface area contributed by atoms with Gasteiger partial charge in [-0.1, -0.05) is 6.07 Å². The van der Waals surface area contributed by atoms with Crippen molar-refractivity contribution in [2.75, 3.05) is 18.6 Å². The summed E-state index contributed by atoms with van der Waals surface area (Å²) in [6, 6.07) is 12.3. The molecule has 2 amide bonds. The van der Waals surface area contributed by atoms with Crippen molar-refractivity contribution in [3.8, 4) is 11.5 Å². The third kappa shape index (κ3) is 4.17. The molecule has 8 heteroatoms. The second-order valence-corrected chi connectivity index (χ2v) is 7.33. The first-order chi connectivity index (χ1) is 13.4. The quantitative estimate of drug-likeness (QED) is 0.290. The van der Waals surface area contributed by atoms with Gasteiger partial charge in [-0.05, 0) is 89.8 Å².